The van der Waals surface area contributed by atoms with Gasteiger partial charge in [-0.15, -0.1) is 0 Å². The maximum atomic E-state index is 8.44. The van der Waals surface area contributed by atoms with Crippen molar-refractivity contribution < 1.29 is 0 Å². The lowest BCUT2D eigenvalue weighted by Crippen LogP contribution is -1.92. The standard InChI is InChI=1S/C9H5BrN4/c10-8-3-1-2-4-9(8)14-13-7(5-11)6-12/h1-4,7H. The molecular weight excluding hydrogens is 244 g/mol. The van der Waals surface area contributed by atoms with Crippen LogP contribution in [0.1, 0.15) is 0 Å². The first-order chi connectivity index (χ1) is 6.77. The minimum Gasteiger partial charge on any atom is -0.195 e. The molecule has 0 aliphatic rings. The molecule has 14 heavy (non-hydrogen) atoms. The highest BCUT2D eigenvalue weighted by atomic mass is 79.9. The molecule has 4 nitrogen and oxygen atoms in total. The Labute approximate surface area is 89.6 Å². The van der Waals surface area contributed by atoms with E-state index in [2.05, 4.69) is 26.2 Å². The molecule has 0 aliphatic heterocycles. The SMILES string of the molecule is N#CC(C#N)N=Nc1ccccc1Br. The van der Waals surface area contributed by atoms with Gasteiger partial charge in [-0.25, -0.2) is 0 Å². The summed E-state index contributed by atoms with van der Waals surface area (Å²) in [5.41, 5.74) is 0.600. The summed E-state index contributed by atoms with van der Waals surface area (Å²) in [5, 5.41) is 24.2. The van der Waals surface area contributed by atoms with Crippen molar-refractivity contribution in [3.05, 3.63) is 28.7 Å². The number of hydrogen-bond acceptors (Lipinski definition) is 4. The summed E-state index contributed by atoms with van der Waals surface area (Å²) in [5.74, 6) is 0. The van der Waals surface area contributed by atoms with Crippen LogP contribution in [0.3, 0.4) is 0 Å². The second kappa shape index (κ2) is 5.11. The Bertz CT molecular complexity index is 413. The highest BCUT2D eigenvalue weighted by Gasteiger charge is 2.01. The van der Waals surface area contributed by atoms with Crippen LogP contribution in [0.15, 0.2) is 39.0 Å². The van der Waals surface area contributed by atoms with E-state index in [0.29, 0.717) is 5.69 Å². The first kappa shape index (κ1) is 10.4. The maximum absolute atomic E-state index is 8.44. The Morgan fingerprint density at radius 2 is 1.86 bits per heavy atom. The zero-order chi connectivity index (χ0) is 10.4. The molecule has 0 bridgehead atoms. The summed E-state index contributed by atoms with van der Waals surface area (Å²) in [6, 6.07) is 9.55. The van der Waals surface area contributed by atoms with E-state index in [-0.39, 0.29) is 0 Å². The van der Waals surface area contributed by atoms with Crippen LogP contribution in [0.25, 0.3) is 0 Å². The van der Waals surface area contributed by atoms with Crippen LogP contribution in [0.4, 0.5) is 5.69 Å². The van der Waals surface area contributed by atoms with E-state index >= 15 is 0 Å². The average Bonchev–Trinajstić information content (AvgIpc) is 2.22. The zero-order valence-electron chi connectivity index (χ0n) is 7.05. The third-order valence-corrected chi connectivity index (χ3v) is 2.05. The lowest BCUT2D eigenvalue weighted by Gasteiger charge is -1.94. The van der Waals surface area contributed by atoms with E-state index in [1.807, 2.05) is 12.1 Å². The van der Waals surface area contributed by atoms with Crippen LogP contribution in [0.2, 0.25) is 0 Å². The quantitative estimate of drug-likeness (QED) is 0.755. The molecule has 0 unspecified atom stereocenters. The maximum Gasteiger partial charge on any atom is 0.242 e. The van der Waals surface area contributed by atoms with Gasteiger partial charge in [0.2, 0.25) is 6.04 Å². The molecule has 0 aromatic heterocycles. The number of azo groups is 1. The van der Waals surface area contributed by atoms with Crippen molar-refractivity contribution in [2.24, 2.45) is 10.2 Å². The van der Waals surface area contributed by atoms with Gasteiger partial charge in [0, 0.05) is 4.47 Å². The second-order valence-electron chi connectivity index (χ2n) is 2.33. The highest BCUT2D eigenvalue weighted by Crippen LogP contribution is 2.24. The van der Waals surface area contributed by atoms with Crippen molar-refractivity contribution in [2.75, 3.05) is 0 Å². The number of rotatable bonds is 2. The smallest absolute Gasteiger partial charge is 0.195 e. The normalized spacial score (nSPS) is 10.0. The van der Waals surface area contributed by atoms with Crippen molar-refractivity contribution in [2.45, 2.75) is 6.04 Å². The van der Waals surface area contributed by atoms with E-state index in [9.17, 15) is 0 Å². The fourth-order valence-corrected chi connectivity index (χ4v) is 1.10. The number of hydrogen-bond donors (Lipinski definition) is 0. The molecule has 0 spiro atoms. The first-order valence-electron chi connectivity index (χ1n) is 3.72. The Balaban J connectivity index is 2.86. The van der Waals surface area contributed by atoms with Gasteiger partial charge in [-0.2, -0.15) is 20.8 Å². The average molecular weight is 249 g/mol. The lowest BCUT2D eigenvalue weighted by atomic mass is 10.3. The molecule has 0 radical (unpaired) electrons. The summed E-state index contributed by atoms with van der Waals surface area (Å²) >= 11 is 3.27. The Kier molecular flexibility index (Phi) is 3.78. The van der Waals surface area contributed by atoms with Gasteiger partial charge in [-0.3, -0.25) is 0 Å². The van der Waals surface area contributed by atoms with Crippen LogP contribution < -0.4 is 0 Å². The van der Waals surface area contributed by atoms with E-state index in [0.717, 1.165) is 4.47 Å². The van der Waals surface area contributed by atoms with Gasteiger partial charge in [0.25, 0.3) is 0 Å². The van der Waals surface area contributed by atoms with Gasteiger partial charge in [0.05, 0.1) is 5.69 Å². The van der Waals surface area contributed by atoms with Crippen molar-refractivity contribution in [1.82, 2.24) is 0 Å². The fourth-order valence-electron chi connectivity index (χ4n) is 0.733. The van der Waals surface area contributed by atoms with Crippen LogP contribution in [0.5, 0.6) is 0 Å². The molecule has 1 aromatic rings. The summed E-state index contributed by atoms with van der Waals surface area (Å²) in [6.45, 7) is 0. The van der Waals surface area contributed by atoms with Gasteiger partial charge in [0.15, 0.2) is 0 Å². The molecule has 0 amide bonds. The van der Waals surface area contributed by atoms with Crippen molar-refractivity contribution in [3.63, 3.8) is 0 Å². The molecule has 1 rings (SSSR count). The predicted octanol–water partition coefficient (Wildman–Crippen LogP) is 2.95. The van der Waals surface area contributed by atoms with Gasteiger partial charge in [-0.05, 0) is 28.1 Å². The molecule has 1 aromatic carbocycles. The second-order valence-corrected chi connectivity index (χ2v) is 3.18. The van der Waals surface area contributed by atoms with Crippen LogP contribution in [-0.4, -0.2) is 6.04 Å². The van der Waals surface area contributed by atoms with Crippen molar-refractivity contribution in [3.8, 4) is 12.1 Å². The minimum atomic E-state index is -1.04. The Morgan fingerprint density at radius 1 is 1.21 bits per heavy atom. The lowest BCUT2D eigenvalue weighted by molar-refractivity contribution is 0.948. The van der Waals surface area contributed by atoms with Gasteiger partial charge < -0.3 is 0 Å². The highest BCUT2D eigenvalue weighted by molar-refractivity contribution is 9.10. The molecule has 0 atom stereocenters. The number of nitrogens with zero attached hydrogens (tertiary/aromatic N) is 4. The van der Waals surface area contributed by atoms with E-state index < -0.39 is 6.04 Å². The largest absolute Gasteiger partial charge is 0.242 e. The molecule has 0 saturated heterocycles. The number of nitriles is 2. The molecule has 0 N–H and O–H groups in total. The Morgan fingerprint density at radius 3 is 2.43 bits per heavy atom. The van der Waals surface area contributed by atoms with E-state index in [1.54, 1.807) is 24.3 Å². The molecule has 5 heteroatoms. The molecule has 68 valence electrons. The molecular formula is C9H5BrN4. The number of halogens is 1. The van der Waals surface area contributed by atoms with Gasteiger partial charge in [0.1, 0.15) is 12.1 Å². The van der Waals surface area contributed by atoms with Crippen LogP contribution in [-0.2, 0) is 0 Å². The van der Waals surface area contributed by atoms with Gasteiger partial charge in [-0.1, -0.05) is 12.1 Å². The monoisotopic (exact) mass is 248 g/mol. The molecule has 0 saturated carbocycles. The first-order valence-corrected chi connectivity index (χ1v) is 4.52. The molecule has 0 aliphatic carbocycles. The summed E-state index contributed by atoms with van der Waals surface area (Å²) in [4.78, 5) is 0. The number of benzene rings is 1. The van der Waals surface area contributed by atoms with E-state index in [1.165, 1.54) is 0 Å². The summed E-state index contributed by atoms with van der Waals surface area (Å²) in [7, 11) is 0. The predicted molar refractivity (Wildman–Crippen MR) is 53.7 cm³/mol. The minimum absolute atomic E-state index is 0.600. The van der Waals surface area contributed by atoms with Gasteiger partial charge >= 0.3 is 0 Å². The van der Waals surface area contributed by atoms with Crippen molar-refractivity contribution >= 4 is 21.6 Å². The summed E-state index contributed by atoms with van der Waals surface area (Å²) in [6.07, 6.45) is 0. The van der Waals surface area contributed by atoms with E-state index in [4.69, 9.17) is 10.5 Å². The molecule has 0 heterocycles. The topological polar surface area (TPSA) is 72.3 Å². The van der Waals surface area contributed by atoms with Crippen molar-refractivity contribution in [1.29, 1.82) is 10.5 Å². The third kappa shape index (κ3) is 2.65. The zero-order valence-corrected chi connectivity index (χ0v) is 8.64. The fraction of sp³-hybridized carbons (Fsp3) is 0.111. The van der Waals surface area contributed by atoms with Crippen LogP contribution >= 0.6 is 15.9 Å². The van der Waals surface area contributed by atoms with Crippen LogP contribution in [0, 0.1) is 22.7 Å². The molecule has 0 fully saturated rings. The Hall–Kier alpha value is -1.72. The summed E-state index contributed by atoms with van der Waals surface area (Å²) < 4.78 is 0.776. The third-order valence-electron chi connectivity index (χ3n) is 1.38.